The number of hydrogen-bond donors (Lipinski definition) is 2. The van der Waals surface area contributed by atoms with Gasteiger partial charge in [-0.25, -0.2) is 0 Å². The molecular formula is C15H22N4O. The highest BCUT2D eigenvalue weighted by molar-refractivity contribution is 5.60. The van der Waals surface area contributed by atoms with Crippen LogP contribution in [0.3, 0.4) is 0 Å². The normalized spacial score (nSPS) is 11.2. The van der Waals surface area contributed by atoms with E-state index in [1.54, 1.807) is 4.80 Å². The molecule has 0 radical (unpaired) electrons. The second-order valence-corrected chi connectivity index (χ2v) is 5.03. The predicted octanol–water partition coefficient (Wildman–Crippen LogP) is 2.00. The Morgan fingerprint density at radius 2 is 1.95 bits per heavy atom. The Kier molecular flexibility index (Phi) is 5.26. The zero-order valence-corrected chi connectivity index (χ0v) is 12.1. The summed E-state index contributed by atoms with van der Waals surface area (Å²) in [7, 11) is 0. The third-order valence-corrected chi connectivity index (χ3v) is 3.01. The summed E-state index contributed by atoms with van der Waals surface area (Å²) >= 11 is 0. The van der Waals surface area contributed by atoms with Crippen LogP contribution >= 0.6 is 0 Å². The number of aliphatic hydroxyl groups excluding tert-OH is 1. The standard InChI is InChI=1S/C15H22N4O/c1-12(2)19-17-14(11-16-9-6-10-20)15(18-19)13-7-4-3-5-8-13/h3-5,7-8,12,16,20H,6,9-11H2,1-2H3. The van der Waals surface area contributed by atoms with Crippen LogP contribution in [0.1, 0.15) is 32.0 Å². The van der Waals surface area contributed by atoms with Crippen LogP contribution < -0.4 is 5.32 Å². The van der Waals surface area contributed by atoms with Gasteiger partial charge in [0.25, 0.3) is 0 Å². The molecule has 0 fully saturated rings. The van der Waals surface area contributed by atoms with Gasteiger partial charge < -0.3 is 10.4 Å². The molecule has 1 heterocycles. The molecule has 0 aliphatic rings. The fourth-order valence-electron chi connectivity index (χ4n) is 1.93. The molecule has 20 heavy (non-hydrogen) atoms. The summed E-state index contributed by atoms with van der Waals surface area (Å²) in [5, 5.41) is 21.2. The van der Waals surface area contributed by atoms with E-state index < -0.39 is 0 Å². The maximum absolute atomic E-state index is 8.80. The van der Waals surface area contributed by atoms with Crippen LogP contribution in [0.25, 0.3) is 11.3 Å². The quantitative estimate of drug-likeness (QED) is 0.758. The zero-order chi connectivity index (χ0) is 14.4. The van der Waals surface area contributed by atoms with E-state index in [2.05, 4.69) is 29.4 Å². The Morgan fingerprint density at radius 3 is 2.60 bits per heavy atom. The lowest BCUT2D eigenvalue weighted by molar-refractivity contribution is 0.286. The molecule has 5 heteroatoms. The van der Waals surface area contributed by atoms with Gasteiger partial charge in [0.2, 0.25) is 0 Å². The molecule has 0 bridgehead atoms. The van der Waals surface area contributed by atoms with Crippen LogP contribution in [0.15, 0.2) is 30.3 Å². The molecule has 2 rings (SSSR count). The molecule has 0 aliphatic carbocycles. The summed E-state index contributed by atoms with van der Waals surface area (Å²) in [5.41, 5.74) is 2.96. The molecule has 0 aliphatic heterocycles. The van der Waals surface area contributed by atoms with Crippen LogP contribution in [-0.4, -0.2) is 33.3 Å². The minimum atomic E-state index is 0.206. The van der Waals surface area contributed by atoms with Gasteiger partial charge >= 0.3 is 0 Å². The number of nitrogens with zero attached hydrogens (tertiary/aromatic N) is 3. The van der Waals surface area contributed by atoms with E-state index in [0.717, 1.165) is 29.9 Å². The Morgan fingerprint density at radius 1 is 1.20 bits per heavy atom. The Hall–Kier alpha value is -1.72. The maximum Gasteiger partial charge on any atom is 0.117 e. The van der Waals surface area contributed by atoms with Crippen molar-refractivity contribution in [2.45, 2.75) is 32.9 Å². The fraction of sp³-hybridized carbons (Fsp3) is 0.467. The molecule has 2 aromatic rings. The van der Waals surface area contributed by atoms with Crippen molar-refractivity contribution < 1.29 is 5.11 Å². The van der Waals surface area contributed by atoms with E-state index >= 15 is 0 Å². The number of rotatable bonds is 7. The van der Waals surface area contributed by atoms with E-state index in [9.17, 15) is 0 Å². The summed E-state index contributed by atoms with van der Waals surface area (Å²) in [6.45, 7) is 5.78. The minimum absolute atomic E-state index is 0.206. The van der Waals surface area contributed by atoms with Gasteiger partial charge in [-0.15, -0.1) is 0 Å². The third-order valence-electron chi connectivity index (χ3n) is 3.01. The van der Waals surface area contributed by atoms with Crippen LogP contribution in [0.4, 0.5) is 0 Å². The average Bonchev–Trinajstić information content (AvgIpc) is 2.89. The number of aliphatic hydroxyl groups is 1. The van der Waals surface area contributed by atoms with Gasteiger partial charge in [-0.1, -0.05) is 30.3 Å². The van der Waals surface area contributed by atoms with E-state index in [1.165, 1.54) is 0 Å². The van der Waals surface area contributed by atoms with Gasteiger partial charge in [0.05, 0.1) is 6.04 Å². The Labute approximate surface area is 119 Å². The average molecular weight is 274 g/mol. The summed E-state index contributed by atoms with van der Waals surface area (Å²) in [6.07, 6.45) is 0.749. The van der Waals surface area contributed by atoms with Gasteiger partial charge in [0.15, 0.2) is 0 Å². The molecule has 0 amide bonds. The van der Waals surface area contributed by atoms with Gasteiger partial charge in [-0.2, -0.15) is 15.0 Å². The number of hydrogen-bond acceptors (Lipinski definition) is 4. The lowest BCUT2D eigenvalue weighted by Gasteiger charge is -2.03. The molecule has 0 saturated carbocycles. The lowest BCUT2D eigenvalue weighted by Crippen LogP contribution is -2.17. The number of nitrogens with one attached hydrogen (secondary N) is 1. The van der Waals surface area contributed by atoms with E-state index in [1.807, 2.05) is 30.3 Å². The first-order chi connectivity index (χ1) is 9.72. The zero-order valence-electron chi connectivity index (χ0n) is 12.1. The van der Waals surface area contributed by atoms with E-state index in [0.29, 0.717) is 6.54 Å². The van der Waals surface area contributed by atoms with Crippen molar-refractivity contribution in [3.63, 3.8) is 0 Å². The number of aromatic nitrogens is 3. The number of benzene rings is 1. The summed E-state index contributed by atoms with van der Waals surface area (Å²) < 4.78 is 0. The Bertz CT molecular complexity index is 522. The summed E-state index contributed by atoms with van der Waals surface area (Å²) in [5.74, 6) is 0. The van der Waals surface area contributed by atoms with Crippen molar-refractivity contribution in [1.29, 1.82) is 0 Å². The monoisotopic (exact) mass is 274 g/mol. The highest BCUT2D eigenvalue weighted by Gasteiger charge is 2.13. The smallest absolute Gasteiger partial charge is 0.117 e. The first-order valence-electron chi connectivity index (χ1n) is 7.05. The van der Waals surface area contributed by atoms with Crippen LogP contribution in [0.2, 0.25) is 0 Å². The van der Waals surface area contributed by atoms with Crippen molar-refractivity contribution in [2.24, 2.45) is 0 Å². The minimum Gasteiger partial charge on any atom is -0.396 e. The molecule has 5 nitrogen and oxygen atoms in total. The van der Waals surface area contributed by atoms with Crippen molar-refractivity contribution >= 4 is 0 Å². The molecule has 1 aromatic heterocycles. The van der Waals surface area contributed by atoms with E-state index in [-0.39, 0.29) is 12.6 Å². The Balaban J connectivity index is 2.20. The van der Waals surface area contributed by atoms with Crippen molar-refractivity contribution in [1.82, 2.24) is 20.3 Å². The predicted molar refractivity (Wildman–Crippen MR) is 79.3 cm³/mol. The molecule has 0 unspecified atom stereocenters. The van der Waals surface area contributed by atoms with Gasteiger partial charge in [0, 0.05) is 18.7 Å². The van der Waals surface area contributed by atoms with Crippen molar-refractivity contribution in [3.05, 3.63) is 36.0 Å². The largest absolute Gasteiger partial charge is 0.396 e. The van der Waals surface area contributed by atoms with E-state index in [4.69, 9.17) is 5.11 Å². The van der Waals surface area contributed by atoms with Gasteiger partial charge in [-0.3, -0.25) is 0 Å². The SMILES string of the molecule is CC(C)n1nc(CNCCCO)c(-c2ccccc2)n1. The summed E-state index contributed by atoms with van der Waals surface area (Å²) in [6, 6.07) is 10.3. The first-order valence-corrected chi connectivity index (χ1v) is 7.05. The molecule has 0 saturated heterocycles. The van der Waals surface area contributed by atoms with Crippen molar-refractivity contribution in [2.75, 3.05) is 13.2 Å². The fourth-order valence-corrected chi connectivity index (χ4v) is 1.93. The molecule has 2 N–H and O–H groups in total. The molecule has 108 valence electrons. The highest BCUT2D eigenvalue weighted by atomic mass is 16.3. The molecular weight excluding hydrogens is 252 g/mol. The lowest BCUT2D eigenvalue weighted by atomic mass is 10.1. The van der Waals surface area contributed by atoms with Gasteiger partial charge in [-0.05, 0) is 26.8 Å². The van der Waals surface area contributed by atoms with Crippen molar-refractivity contribution in [3.8, 4) is 11.3 Å². The molecule has 0 atom stereocenters. The van der Waals surface area contributed by atoms with Gasteiger partial charge in [0.1, 0.15) is 11.4 Å². The molecule has 0 spiro atoms. The first kappa shape index (κ1) is 14.7. The summed E-state index contributed by atoms with van der Waals surface area (Å²) in [4.78, 5) is 1.76. The highest BCUT2D eigenvalue weighted by Crippen LogP contribution is 2.21. The third kappa shape index (κ3) is 3.65. The van der Waals surface area contributed by atoms with Crippen LogP contribution in [0, 0.1) is 0 Å². The topological polar surface area (TPSA) is 63.0 Å². The maximum atomic E-state index is 8.80. The molecule has 1 aromatic carbocycles. The second-order valence-electron chi connectivity index (χ2n) is 5.03. The van der Waals surface area contributed by atoms with Crippen LogP contribution in [-0.2, 0) is 6.54 Å². The van der Waals surface area contributed by atoms with Crippen LogP contribution in [0.5, 0.6) is 0 Å². The second kappa shape index (κ2) is 7.17.